The van der Waals surface area contributed by atoms with E-state index in [1.165, 1.54) is 11.1 Å². The van der Waals surface area contributed by atoms with Crippen molar-refractivity contribution in [3.63, 3.8) is 0 Å². The lowest BCUT2D eigenvalue weighted by Gasteiger charge is -2.17. The van der Waals surface area contributed by atoms with Gasteiger partial charge in [-0.15, -0.1) is 11.3 Å². The second-order valence-electron chi connectivity index (χ2n) is 4.62. The van der Waals surface area contributed by atoms with Crippen LogP contribution in [-0.2, 0) is 4.74 Å². The van der Waals surface area contributed by atoms with Gasteiger partial charge in [0.05, 0.1) is 12.6 Å². The lowest BCUT2D eigenvalue weighted by atomic mass is 10.0. The number of hydrogen-bond donors (Lipinski definition) is 1. The van der Waals surface area contributed by atoms with E-state index in [0.29, 0.717) is 6.61 Å². The van der Waals surface area contributed by atoms with Gasteiger partial charge in [-0.1, -0.05) is 29.8 Å². The first kappa shape index (κ1) is 14.2. The minimum absolute atomic E-state index is 0.147. The summed E-state index contributed by atoms with van der Waals surface area (Å²) in [5, 5.41) is 6.72. The van der Waals surface area contributed by atoms with Gasteiger partial charge >= 0.3 is 0 Å². The normalized spacial score (nSPS) is 12.6. The van der Waals surface area contributed by atoms with Crippen LogP contribution in [0.25, 0.3) is 0 Å². The SMILES string of the molecule is COCCNC(c1cccc(C)c1)c1nc(C)cs1. The first-order valence-electron chi connectivity index (χ1n) is 6.41. The van der Waals surface area contributed by atoms with Gasteiger partial charge in [-0.25, -0.2) is 4.98 Å². The Balaban J connectivity index is 2.23. The van der Waals surface area contributed by atoms with Crippen LogP contribution in [0.3, 0.4) is 0 Å². The second-order valence-corrected chi connectivity index (χ2v) is 5.51. The summed E-state index contributed by atoms with van der Waals surface area (Å²) in [6.07, 6.45) is 0. The number of methoxy groups -OCH3 is 1. The van der Waals surface area contributed by atoms with Crippen LogP contribution >= 0.6 is 11.3 Å². The largest absolute Gasteiger partial charge is 0.383 e. The van der Waals surface area contributed by atoms with E-state index in [2.05, 4.69) is 46.9 Å². The van der Waals surface area contributed by atoms with Crippen LogP contribution in [0, 0.1) is 13.8 Å². The molecule has 3 nitrogen and oxygen atoms in total. The van der Waals surface area contributed by atoms with Crippen LogP contribution in [-0.4, -0.2) is 25.2 Å². The molecule has 1 heterocycles. The van der Waals surface area contributed by atoms with Gasteiger partial charge in [-0.05, 0) is 19.4 Å². The zero-order chi connectivity index (χ0) is 13.7. The smallest absolute Gasteiger partial charge is 0.114 e. The van der Waals surface area contributed by atoms with Crippen LogP contribution in [0.15, 0.2) is 29.6 Å². The molecule has 0 saturated heterocycles. The molecule has 1 N–H and O–H groups in total. The van der Waals surface area contributed by atoms with Crippen LogP contribution in [0.2, 0.25) is 0 Å². The molecule has 1 unspecified atom stereocenters. The van der Waals surface area contributed by atoms with Crippen LogP contribution < -0.4 is 5.32 Å². The molecule has 1 aromatic heterocycles. The molecule has 0 amide bonds. The lowest BCUT2D eigenvalue weighted by Crippen LogP contribution is -2.26. The number of ether oxygens (including phenoxy) is 1. The summed E-state index contributed by atoms with van der Waals surface area (Å²) >= 11 is 1.70. The highest BCUT2D eigenvalue weighted by Gasteiger charge is 2.16. The third-order valence-corrected chi connectivity index (χ3v) is 3.94. The van der Waals surface area contributed by atoms with Crippen LogP contribution in [0.1, 0.15) is 27.9 Å². The molecule has 4 heteroatoms. The number of aromatic nitrogens is 1. The molecule has 2 rings (SSSR count). The third-order valence-electron chi connectivity index (χ3n) is 2.91. The van der Waals surface area contributed by atoms with Gasteiger partial charge in [-0.3, -0.25) is 0 Å². The second kappa shape index (κ2) is 6.80. The summed E-state index contributed by atoms with van der Waals surface area (Å²) in [5.41, 5.74) is 3.60. The topological polar surface area (TPSA) is 34.1 Å². The van der Waals surface area contributed by atoms with E-state index >= 15 is 0 Å². The summed E-state index contributed by atoms with van der Waals surface area (Å²) in [6.45, 7) is 5.66. The summed E-state index contributed by atoms with van der Waals surface area (Å²) < 4.78 is 5.11. The fourth-order valence-corrected chi connectivity index (χ4v) is 2.90. The predicted molar refractivity (Wildman–Crippen MR) is 79.8 cm³/mol. The number of nitrogens with zero attached hydrogens (tertiary/aromatic N) is 1. The molecule has 19 heavy (non-hydrogen) atoms. The van der Waals surface area contributed by atoms with E-state index in [1.807, 2.05) is 6.92 Å². The molecular formula is C15H20N2OS. The number of nitrogens with one attached hydrogen (secondary N) is 1. The van der Waals surface area contributed by atoms with E-state index in [1.54, 1.807) is 18.4 Å². The molecule has 1 aromatic carbocycles. The molecule has 0 fully saturated rings. The molecule has 0 aliphatic carbocycles. The van der Waals surface area contributed by atoms with Crippen LogP contribution in [0.5, 0.6) is 0 Å². The van der Waals surface area contributed by atoms with E-state index < -0.39 is 0 Å². The third kappa shape index (κ3) is 3.86. The van der Waals surface area contributed by atoms with E-state index in [-0.39, 0.29) is 6.04 Å². The highest BCUT2D eigenvalue weighted by molar-refractivity contribution is 7.09. The number of thiazole rings is 1. The van der Waals surface area contributed by atoms with Crippen molar-refractivity contribution in [3.8, 4) is 0 Å². The minimum Gasteiger partial charge on any atom is -0.383 e. The Hall–Kier alpha value is -1.23. The quantitative estimate of drug-likeness (QED) is 0.823. The number of hydrogen-bond acceptors (Lipinski definition) is 4. The van der Waals surface area contributed by atoms with Crippen molar-refractivity contribution in [2.45, 2.75) is 19.9 Å². The molecule has 1 atom stereocenters. The molecule has 0 aliphatic heterocycles. The Bertz CT molecular complexity index is 524. The average molecular weight is 276 g/mol. The number of aryl methyl sites for hydroxylation is 2. The summed E-state index contributed by atoms with van der Waals surface area (Å²) in [7, 11) is 1.72. The highest BCUT2D eigenvalue weighted by atomic mass is 32.1. The predicted octanol–water partition coefficient (Wildman–Crippen LogP) is 3.09. The maximum Gasteiger partial charge on any atom is 0.114 e. The highest BCUT2D eigenvalue weighted by Crippen LogP contribution is 2.25. The summed E-state index contributed by atoms with van der Waals surface area (Å²) in [5.74, 6) is 0. The van der Waals surface area contributed by atoms with Gasteiger partial charge in [0.25, 0.3) is 0 Å². The molecule has 0 saturated carbocycles. The lowest BCUT2D eigenvalue weighted by molar-refractivity contribution is 0.197. The van der Waals surface area contributed by atoms with E-state index in [4.69, 9.17) is 4.74 Å². The van der Waals surface area contributed by atoms with Gasteiger partial charge in [0, 0.05) is 24.7 Å². The molecule has 2 aromatic rings. The first-order valence-corrected chi connectivity index (χ1v) is 7.29. The summed E-state index contributed by atoms with van der Waals surface area (Å²) in [6, 6.07) is 8.71. The maximum atomic E-state index is 5.11. The molecule has 0 radical (unpaired) electrons. The Labute approximate surface area is 118 Å². The average Bonchev–Trinajstić information content (AvgIpc) is 2.81. The molecule has 0 aliphatic rings. The van der Waals surface area contributed by atoms with Crippen molar-refractivity contribution in [3.05, 3.63) is 51.5 Å². The summed E-state index contributed by atoms with van der Waals surface area (Å²) in [4.78, 5) is 4.61. The monoisotopic (exact) mass is 276 g/mol. The molecule has 0 bridgehead atoms. The molecule has 102 valence electrons. The van der Waals surface area contributed by atoms with Gasteiger partial charge < -0.3 is 10.1 Å². The van der Waals surface area contributed by atoms with E-state index in [0.717, 1.165) is 17.2 Å². The van der Waals surface area contributed by atoms with Gasteiger partial charge in [0.2, 0.25) is 0 Å². The van der Waals surface area contributed by atoms with Crippen molar-refractivity contribution in [1.82, 2.24) is 10.3 Å². The fraction of sp³-hybridized carbons (Fsp3) is 0.400. The fourth-order valence-electron chi connectivity index (χ4n) is 2.01. The Morgan fingerprint density at radius 2 is 2.21 bits per heavy atom. The number of rotatable bonds is 6. The van der Waals surface area contributed by atoms with Crippen molar-refractivity contribution in [2.75, 3.05) is 20.3 Å². The van der Waals surface area contributed by atoms with Crippen molar-refractivity contribution >= 4 is 11.3 Å². The van der Waals surface area contributed by atoms with E-state index in [9.17, 15) is 0 Å². The van der Waals surface area contributed by atoms with Gasteiger partial charge in [0.1, 0.15) is 5.01 Å². The zero-order valence-corrected chi connectivity index (χ0v) is 12.5. The maximum absolute atomic E-state index is 5.11. The van der Waals surface area contributed by atoms with Crippen molar-refractivity contribution in [2.24, 2.45) is 0 Å². The standard InChI is InChI=1S/C15H20N2OS/c1-11-5-4-6-13(9-11)14(16-7-8-18-3)15-17-12(2)10-19-15/h4-6,9-10,14,16H,7-8H2,1-3H3. The van der Waals surface area contributed by atoms with Crippen molar-refractivity contribution in [1.29, 1.82) is 0 Å². The molecular weight excluding hydrogens is 256 g/mol. The van der Waals surface area contributed by atoms with Gasteiger partial charge in [0.15, 0.2) is 0 Å². The minimum atomic E-state index is 0.147. The first-order chi connectivity index (χ1) is 9.20. The number of benzene rings is 1. The van der Waals surface area contributed by atoms with Gasteiger partial charge in [-0.2, -0.15) is 0 Å². The molecule has 0 spiro atoms. The Kier molecular flexibility index (Phi) is 5.07. The van der Waals surface area contributed by atoms with Crippen molar-refractivity contribution < 1.29 is 4.74 Å². The Morgan fingerprint density at radius 1 is 1.37 bits per heavy atom. The zero-order valence-electron chi connectivity index (χ0n) is 11.6. The van der Waals surface area contributed by atoms with Crippen LogP contribution in [0.4, 0.5) is 0 Å². The Morgan fingerprint density at radius 3 is 2.84 bits per heavy atom.